The van der Waals surface area contributed by atoms with Gasteiger partial charge in [0, 0.05) is 44.2 Å². The molecule has 33 heavy (non-hydrogen) atoms. The number of amides is 2. The molecule has 0 aromatic carbocycles. The van der Waals surface area contributed by atoms with Gasteiger partial charge in [0.1, 0.15) is 11.4 Å². The van der Waals surface area contributed by atoms with Gasteiger partial charge in [-0.25, -0.2) is 9.50 Å². The van der Waals surface area contributed by atoms with Gasteiger partial charge in [0.05, 0.1) is 18.1 Å². The fourth-order valence-corrected chi connectivity index (χ4v) is 3.36. The number of fused-ring (bicyclic) bond motifs is 1. The van der Waals surface area contributed by atoms with Gasteiger partial charge in [-0.05, 0) is 24.6 Å². The summed E-state index contributed by atoms with van der Waals surface area (Å²) >= 11 is 5.18. The standard InChI is InChI=1S/C19H18ClF2N9O2/c1-10-4-14(19(20,21)22)31-15(26-10)5-12(28-31)17(32)27-13-8-25-30(3)16(13)18(33)23-6-11-7-24-29(2)9-11/h4-5,7-9H,6H2,1-3H3,(H,23,33)(H,27,32). The molecule has 14 heteroatoms. The number of aromatic nitrogens is 7. The highest BCUT2D eigenvalue weighted by Gasteiger charge is 2.33. The van der Waals surface area contributed by atoms with Crippen molar-refractivity contribution in [3.8, 4) is 0 Å². The molecule has 0 unspecified atom stereocenters. The van der Waals surface area contributed by atoms with E-state index in [-0.39, 0.29) is 35.0 Å². The molecule has 4 rings (SSSR count). The van der Waals surface area contributed by atoms with Crippen molar-refractivity contribution in [2.45, 2.75) is 18.9 Å². The van der Waals surface area contributed by atoms with Crippen LogP contribution in [0, 0.1) is 6.92 Å². The molecule has 0 saturated carbocycles. The number of halogens is 3. The molecule has 0 spiro atoms. The Morgan fingerprint density at radius 3 is 2.58 bits per heavy atom. The largest absolute Gasteiger partial charge is 0.364 e. The Kier molecular flexibility index (Phi) is 5.57. The highest BCUT2D eigenvalue weighted by molar-refractivity contribution is 6.21. The number of nitrogens with zero attached hydrogens (tertiary/aromatic N) is 7. The predicted octanol–water partition coefficient (Wildman–Crippen LogP) is 1.98. The van der Waals surface area contributed by atoms with Crippen molar-refractivity contribution in [2.75, 3.05) is 5.32 Å². The highest BCUT2D eigenvalue weighted by Crippen LogP contribution is 2.32. The number of anilines is 1. The molecule has 4 aromatic heterocycles. The fourth-order valence-electron chi connectivity index (χ4n) is 3.23. The van der Waals surface area contributed by atoms with Crippen LogP contribution in [0.1, 0.15) is 37.9 Å². The summed E-state index contributed by atoms with van der Waals surface area (Å²) < 4.78 is 31.3. The van der Waals surface area contributed by atoms with Crippen molar-refractivity contribution in [3.63, 3.8) is 0 Å². The van der Waals surface area contributed by atoms with Crippen LogP contribution in [0.2, 0.25) is 0 Å². The van der Waals surface area contributed by atoms with E-state index in [1.54, 1.807) is 31.2 Å². The molecule has 2 amide bonds. The molecule has 0 saturated heterocycles. The first-order valence-electron chi connectivity index (χ1n) is 9.56. The average Bonchev–Trinajstić information content (AvgIpc) is 3.43. The number of carbonyl (C=O) groups excluding carboxylic acids is 2. The quantitative estimate of drug-likeness (QED) is 0.409. The summed E-state index contributed by atoms with van der Waals surface area (Å²) in [4.78, 5) is 29.6. The highest BCUT2D eigenvalue weighted by atomic mass is 35.5. The average molecular weight is 478 g/mol. The summed E-state index contributed by atoms with van der Waals surface area (Å²) in [5, 5.41) is 13.5. The van der Waals surface area contributed by atoms with Crippen LogP contribution < -0.4 is 10.6 Å². The van der Waals surface area contributed by atoms with Crippen LogP contribution in [-0.2, 0) is 26.0 Å². The smallest absolute Gasteiger partial charge is 0.346 e. The molecule has 0 radical (unpaired) electrons. The maximum absolute atomic E-state index is 13.8. The third-order valence-electron chi connectivity index (χ3n) is 4.69. The van der Waals surface area contributed by atoms with Gasteiger partial charge in [0.2, 0.25) is 0 Å². The molecule has 0 aliphatic rings. The van der Waals surface area contributed by atoms with Crippen LogP contribution in [0.25, 0.3) is 5.65 Å². The molecule has 0 fully saturated rings. The Labute approximate surface area is 190 Å². The minimum Gasteiger partial charge on any atom is -0.346 e. The second-order valence-corrected chi connectivity index (χ2v) is 7.74. The van der Waals surface area contributed by atoms with Crippen molar-refractivity contribution in [1.29, 1.82) is 0 Å². The number of alkyl halides is 3. The molecule has 2 N–H and O–H groups in total. The van der Waals surface area contributed by atoms with Crippen molar-refractivity contribution >= 4 is 34.7 Å². The second kappa shape index (κ2) is 8.24. The summed E-state index contributed by atoms with van der Waals surface area (Å²) in [6.45, 7) is 1.74. The third kappa shape index (κ3) is 4.53. The summed E-state index contributed by atoms with van der Waals surface area (Å²) in [6, 6.07) is 2.33. The molecule has 11 nitrogen and oxygen atoms in total. The van der Waals surface area contributed by atoms with E-state index in [0.29, 0.717) is 0 Å². The summed E-state index contributed by atoms with van der Waals surface area (Å²) in [6.07, 6.45) is 4.67. The van der Waals surface area contributed by atoms with E-state index < -0.39 is 22.9 Å². The van der Waals surface area contributed by atoms with Gasteiger partial charge < -0.3 is 10.6 Å². The lowest BCUT2D eigenvalue weighted by Gasteiger charge is -2.10. The van der Waals surface area contributed by atoms with E-state index in [1.807, 2.05) is 0 Å². The predicted molar refractivity (Wildman–Crippen MR) is 113 cm³/mol. The van der Waals surface area contributed by atoms with E-state index >= 15 is 0 Å². The minimum atomic E-state index is -3.71. The number of rotatable bonds is 6. The Morgan fingerprint density at radius 1 is 1.15 bits per heavy atom. The Bertz CT molecular complexity index is 1370. The van der Waals surface area contributed by atoms with Crippen LogP contribution in [0.5, 0.6) is 0 Å². The number of hydrogen-bond acceptors (Lipinski definition) is 6. The van der Waals surface area contributed by atoms with Crippen LogP contribution in [0.15, 0.2) is 30.7 Å². The lowest BCUT2D eigenvalue weighted by molar-refractivity contribution is 0.0867. The molecule has 172 valence electrons. The molecule has 0 atom stereocenters. The minimum absolute atomic E-state index is 0.0242. The van der Waals surface area contributed by atoms with Gasteiger partial charge in [0.15, 0.2) is 11.3 Å². The van der Waals surface area contributed by atoms with Crippen LogP contribution in [0.3, 0.4) is 0 Å². The first kappa shape index (κ1) is 22.3. The van der Waals surface area contributed by atoms with Crippen LogP contribution in [0.4, 0.5) is 14.5 Å². The molecular formula is C19H18ClF2N9O2. The molecule has 0 aliphatic carbocycles. The van der Waals surface area contributed by atoms with Crippen LogP contribution in [-0.4, -0.2) is 46.0 Å². The number of aryl methyl sites for hydroxylation is 3. The normalized spacial score (nSPS) is 11.7. The summed E-state index contributed by atoms with van der Waals surface area (Å²) in [5.74, 6) is -1.22. The van der Waals surface area contributed by atoms with Gasteiger partial charge in [-0.2, -0.15) is 24.1 Å². The van der Waals surface area contributed by atoms with Gasteiger partial charge >= 0.3 is 5.38 Å². The zero-order valence-corrected chi connectivity index (χ0v) is 18.4. The molecule has 4 aromatic rings. The van der Waals surface area contributed by atoms with Gasteiger partial charge in [-0.3, -0.25) is 19.0 Å². The van der Waals surface area contributed by atoms with Crippen molar-refractivity contribution in [1.82, 2.24) is 39.5 Å². The molecule has 0 aliphatic heterocycles. The lowest BCUT2D eigenvalue weighted by atomic mass is 10.3. The van der Waals surface area contributed by atoms with E-state index in [9.17, 15) is 18.4 Å². The Hall–Kier alpha value is -3.87. The first-order valence-corrected chi connectivity index (χ1v) is 9.94. The number of carbonyl (C=O) groups is 2. The Morgan fingerprint density at radius 2 is 1.91 bits per heavy atom. The van der Waals surface area contributed by atoms with E-state index in [1.165, 1.54) is 23.9 Å². The van der Waals surface area contributed by atoms with E-state index in [0.717, 1.165) is 16.1 Å². The topological polar surface area (TPSA) is 124 Å². The zero-order valence-electron chi connectivity index (χ0n) is 17.7. The summed E-state index contributed by atoms with van der Waals surface area (Å²) in [5.41, 5.74) is 0.496. The maximum Gasteiger partial charge on any atom is 0.364 e. The fraction of sp³-hybridized carbons (Fsp3) is 0.263. The van der Waals surface area contributed by atoms with E-state index in [2.05, 4.69) is 30.9 Å². The first-order chi connectivity index (χ1) is 15.5. The van der Waals surface area contributed by atoms with Crippen molar-refractivity contribution < 1.29 is 18.4 Å². The SMILES string of the molecule is Cc1cc(C(F)(F)Cl)n2nc(C(=O)Nc3cnn(C)c3C(=O)NCc3cnn(C)c3)cc2n1. The maximum atomic E-state index is 13.8. The molecule has 4 heterocycles. The van der Waals surface area contributed by atoms with E-state index in [4.69, 9.17) is 11.6 Å². The van der Waals surface area contributed by atoms with Gasteiger partial charge in [-0.15, -0.1) is 0 Å². The van der Waals surface area contributed by atoms with Crippen LogP contribution >= 0.6 is 11.6 Å². The Balaban J connectivity index is 1.57. The summed E-state index contributed by atoms with van der Waals surface area (Å²) in [7, 11) is 3.30. The second-order valence-electron chi connectivity index (χ2n) is 7.27. The lowest BCUT2D eigenvalue weighted by Crippen LogP contribution is -2.26. The van der Waals surface area contributed by atoms with Crippen molar-refractivity contribution in [3.05, 3.63) is 59.1 Å². The third-order valence-corrected chi connectivity index (χ3v) is 4.89. The monoisotopic (exact) mass is 477 g/mol. The van der Waals surface area contributed by atoms with Crippen molar-refractivity contribution in [2.24, 2.45) is 14.1 Å². The molecular weight excluding hydrogens is 460 g/mol. The van der Waals surface area contributed by atoms with Gasteiger partial charge in [-0.1, -0.05) is 0 Å². The van der Waals surface area contributed by atoms with Gasteiger partial charge in [0.25, 0.3) is 11.8 Å². The zero-order chi connectivity index (χ0) is 23.9. The number of hydrogen-bond donors (Lipinski definition) is 2. The molecule has 0 bridgehead atoms. The number of nitrogens with one attached hydrogen (secondary N) is 2.